The molecule has 1 aromatic carbocycles. The molecule has 14 heteroatoms. The molecular weight excluding hydrogens is 498 g/mol. The van der Waals surface area contributed by atoms with E-state index in [0.717, 1.165) is 0 Å². The van der Waals surface area contributed by atoms with Gasteiger partial charge in [0.2, 0.25) is 29.5 Å². The van der Waals surface area contributed by atoms with Crippen molar-refractivity contribution in [3.63, 3.8) is 0 Å². The second-order valence-corrected chi connectivity index (χ2v) is 8.78. The molecule has 1 aromatic rings. The lowest BCUT2D eigenvalue weighted by molar-refractivity contribution is -0.143. The highest BCUT2D eigenvalue weighted by Gasteiger charge is 2.31. The van der Waals surface area contributed by atoms with Gasteiger partial charge < -0.3 is 44.0 Å². The van der Waals surface area contributed by atoms with Gasteiger partial charge in [-0.05, 0) is 31.4 Å². The van der Waals surface area contributed by atoms with E-state index in [0.29, 0.717) is 31.4 Å². The van der Waals surface area contributed by atoms with Crippen molar-refractivity contribution in [1.82, 2.24) is 16.0 Å². The maximum absolute atomic E-state index is 13.2. The third-order valence-corrected chi connectivity index (χ3v) is 5.55. The SMILES string of the molecule is NCCCCC(N)C(=O)NC(CCC(N)=O)C(=O)NC(Cc1ccccc1)C(=O)NC(CC(N)=O)C(=O)O. The van der Waals surface area contributed by atoms with E-state index in [1.807, 2.05) is 0 Å². The van der Waals surface area contributed by atoms with Crippen LogP contribution in [0.2, 0.25) is 0 Å². The number of carbonyl (C=O) groups excluding carboxylic acids is 5. The van der Waals surface area contributed by atoms with Crippen molar-refractivity contribution < 1.29 is 33.9 Å². The second-order valence-electron chi connectivity index (χ2n) is 8.78. The number of carboxylic acid groups (broad SMARTS) is 1. The summed E-state index contributed by atoms with van der Waals surface area (Å²) < 4.78 is 0. The molecule has 0 aliphatic carbocycles. The zero-order valence-electron chi connectivity index (χ0n) is 21.1. The highest BCUT2D eigenvalue weighted by Crippen LogP contribution is 2.07. The number of rotatable bonds is 18. The Morgan fingerprint density at radius 1 is 0.763 bits per heavy atom. The molecule has 0 heterocycles. The molecule has 5 amide bonds. The van der Waals surface area contributed by atoms with E-state index >= 15 is 0 Å². The van der Waals surface area contributed by atoms with Gasteiger partial charge in [0, 0.05) is 12.8 Å². The summed E-state index contributed by atoms with van der Waals surface area (Å²) >= 11 is 0. The van der Waals surface area contributed by atoms with E-state index < -0.39 is 66.1 Å². The van der Waals surface area contributed by atoms with Crippen molar-refractivity contribution in [1.29, 1.82) is 0 Å². The van der Waals surface area contributed by atoms with E-state index in [4.69, 9.17) is 22.9 Å². The monoisotopic (exact) mass is 535 g/mol. The lowest BCUT2D eigenvalue weighted by Crippen LogP contribution is -2.58. The molecule has 4 atom stereocenters. The third-order valence-electron chi connectivity index (χ3n) is 5.55. The van der Waals surface area contributed by atoms with Crippen molar-refractivity contribution >= 4 is 35.5 Å². The second kappa shape index (κ2) is 16.7. The molecule has 14 nitrogen and oxygen atoms in total. The lowest BCUT2D eigenvalue weighted by atomic mass is 10.0. The molecule has 0 saturated carbocycles. The van der Waals surface area contributed by atoms with Crippen LogP contribution in [0.5, 0.6) is 0 Å². The minimum absolute atomic E-state index is 0.0452. The smallest absolute Gasteiger partial charge is 0.326 e. The quantitative estimate of drug-likeness (QED) is 0.0912. The average Bonchev–Trinajstić information content (AvgIpc) is 2.85. The van der Waals surface area contributed by atoms with Crippen LogP contribution in [0.1, 0.15) is 44.1 Å². The number of unbranched alkanes of at least 4 members (excludes halogenated alkanes) is 1. The predicted molar refractivity (Wildman–Crippen MR) is 137 cm³/mol. The zero-order chi connectivity index (χ0) is 28.7. The Labute approximate surface area is 220 Å². The van der Waals surface area contributed by atoms with Gasteiger partial charge in [-0.25, -0.2) is 4.79 Å². The summed E-state index contributed by atoms with van der Waals surface area (Å²) in [5, 5.41) is 16.5. The maximum Gasteiger partial charge on any atom is 0.326 e. The van der Waals surface area contributed by atoms with Gasteiger partial charge >= 0.3 is 5.97 Å². The molecular formula is C24H37N7O7. The van der Waals surface area contributed by atoms with Gasteiger partial charge in [-0.1, -0.05) is 36.8 Å². The van der Waals surface area contributed by atoms with Gasteiger partial charge in [0.1, 0.15) is 18.1 Å². The Balaban J connectivity index is 3.11. The van der Waals surface area contributed by atoms with Crippen molar-refractivity contribution in [3.05, 3.63) is 35.9 Å². The van der Waals surface area contributed by atoms with E-state index in [-0.39, 0.29) is 19.3 Å². The van der Waals surface area contributed by atoms with Gasteiger partial charge in [-0.3, -0.25) is 24.0 Å². The van der Waals surface area contributed by atoms with Crippen LogP contribution < -0.4 is 38.9 Å². The number of carbonyl (C=O) groups is 6. The Kier molecular flexibility index (Phi) is 14.0. The summed E-state index contributed by atoms with van der Waals surface area (Å²) in [5.41, 5.74) is 22.3. The van der Waals surface area contributed by atoms with E-state index in [2.05, 4.69) is 16.0 Å². The summed E-state index contributed by atoms with van der Waals surface area (Å²) in [6.45, 7) is 0.436. The van der Waals surface area contributed by atoms with E-state index in [1.165, 1.54) is 0 Å². The van der Waals surface area contributed by atoms with Gasteiger partial charge in [0.05, 0.1) is 12.5 Å². The molecule has 38 heavy (non-hydrogen) atoms. The predicted octanol–water partition coefficient (Wildman–Crippen LogP) is -2.63. The Bertz CT molecular complexity index is 974. The topological polar surface area (TPSA) is 263 Å². The molecule has 210 valence electrons. The highest BCUT2D eigenvalue weighted by atomic mass is 16.4. The molecule has 0 spiro atoms. The van der Waals surface area contributed by atoms with E-state index in [1.54, 1.807) is 30.3 Å². The largest absolute Gasteiger partial charge is 0.480 e. The van der Waals surface area contributed by atoms with E-state index in [9.17, 15) is 33.9 Å². The summed E-state index contributed by atoms with van der Waals surface area (Å²) in [6.07, 6.45) is 0.470. The van der Waals surface area contributed by atoms with Crippen LogP contribution in [0.3, 0.4) is 0 Å². The molecule has 0 radical (unpaired) electrons. The molecule has 4 unspecified atom stereocenters. The van der Waals surface area contributed by atoms with Crippen molar-refractivity contribution in [2.75, 3.05) is 6.54 Å². The van der Waals surface area contributed by atoms with Crippen LogP contribution in [-0.2, 0) is 35.2 Å². The normalized spacial score (nSPS) is 13.8. The van der Waals surface area contributed by atoms with Crippen LogP contribution >= 0.6 is 0 Å². The van der Waals surface area contributed by atoms with Crippen LogP contribution in [0.4, 0.5) is 0 Å². The van der Waals surface area contributed by atoms with Crippen molar-refractivity contribution in [2.24, 2.45) is 22.9 Å². The summed E-state index contributed by atoms with van der Waals surface area (Å²) in [7, 11) is 0. The minimum Gasteiger partial charge on any atom is -0.480 e. The first-order valence-electron chi connectivity index (χ1n) is 12.1. The maximum atomic E-state index is 13.2. The Hall–Kier alpha value is -4.04. The molecule has 0 aromatic heterocycles. The van der Waals surface area contributed by atoms with Crippen molar-refractivity contribution in [3.8, 4) is 0 Å². The molecule has 1 rings (SSSR count). The Morgan fingerprint density at radius 3 is 1.89 bits per heavy atom. The molecule has 0 bridgehead atoms. The summed E-state index contributed by atoms with van der Waals surface area (Å²) in [6, 6.07) is 3.44. The first kappa shape index (κ1) is 32.0. The number of aliphatic carboxylic acids is 1. The third kappa shape index (κ3) is 12.3. The first-order chi connectivity index (χ1) is 17.9. The van der Waals surface area contributed by atoms with Crippen LogP contribution in [0, 0.1) is 0 Å². The molecule has 0 aliphatic heterocycles. The molecule has 0 fully saturated rings. The number of carboxylic acids is 1. The van der Waals surface area contributed by atoms with Gasteiger partial charge in [-0.15, -0.1) is 0 Å². The standard InChI is InChI=1S/C24H37N7O7/c25-11-5-4-8-15(26)21(34)29-16(9-10-19(27)32)22(35)30-17(12-14-6-2-1-3-7-14)23(36)31-18(24(37)38)13-20(28)33/h1-3,6-7,15-18H,4-5,8-13,25-26H2,(H2,27,32)(H2,28,33)(H,29,34)(H,30,35)(H,31,36)(H,37,38). The highest BCUT2D eigenvalue weighted by molar-refractivity contribution is 5.95. The van der Waals surface area contributed by atoms with Crippen LogP contribution in [-0.4, -0.2) is 71.3 Å². The number of nitrogens with one attached hydrogen (secondary N) is 3. The summed E-state index contributed by atoms with van der Waals surface area (Å²) in [4.78, 5) is 72.8. The summed E-state index contributed by atoms with van der Waals surface area (Å²) in [5.74, 6) is -5.49. The van der Waals surface area contributed by atoms with Gasteiger partial charge in [0.15, 0.2) is 0 Å². The zero-order valence-corrected chi connectivity index (χ0v) is 21.1. The fourth-order valence-electron chi connectivity index (χ4n) is 3.48. The molecule has 0 aliphatic rings. The average molecular weight is 536 g/mol. The molecule has 0 saturated heterocycles. The number of nitrogens with two attached hydrogens (primary N) is 4. The number of primary amides is 2. The number of benzene rings is 1. The lowest BCUT2D eigenvalue weighted by Gasteiger charge is -2.25. The van der Waals surface area contributed by atoms with Crippen molar-refractivity contribution in [2.45, 2.75) is 69.1 Å². The minimum atomic E-state index is -1.62. The molecule has 12 N–H and O–H groups in total. The van der Waals surface area contributed by atoms with Crippen LogP contribution in [0.25, 0.3) is 0 Å². The fourth-order valence-corrected chi connectivity index (χ4v) is 3.48. The first-order valence-corrected chi connectivity index (χ1v) is 12.1. The Morgan fingerprint density at radius 2 is 1.34 bits per heavy atom. The van der Waals surface area contributed by atoms with Gasteiger partial charge in [-0.2, -0.15) is 0 Å². The number of hydrogen-bond donors (Lipinski definition) is 8. The van der Waals surface area contributed by atoms with Crippen LogP contribution in [0.15, 0.2) is 30.3 Å². The number of hydrogen-bond acceptors (Lipinski definition) is 8. The fraction of sp³-hybridized carbons (Fsp3) is 0.500. The van der Waals surface area contributed by atoms with Gasteiger partial charge in [0.25, 0.3) is 0 Å². The number of amides is 5.